The second-order valence-electron chi connectivity index (χ2n) is 14.1. The predicted octanol–water partition coefficient (Wildman–Crippen LogP) is 15.3. The molecule has 0 aromatic heterocycles. The Hall–Kier alpha value is -2.81. The zero-order valence-corrected chi connectivity index (χ0v) is 37.1. The molecule has 0 aliphatic rings. The van der Waals surface area contributed by atoms with Crippen LogP contribution in [0.1, 0.15) is 127 Å². The van der Waals surface area contributed by atoms with Crippen LogP contribution >= 0.6 is 0 Å². The average Bonchev–Trinajstić information content (AvgIpc) is 3.79. The molecule has 0 heterocycles. The molecular formula is C48H60HfSi-2. The van der Waals surface area contributed by atoms with E-state index in [1.165, 1.54) is 91.7 Å². The standard InChI is InChI=1S/2C23H27.C2H6Si.Hf/c2*1-5-16(3)19-14-18-10-9-13-22(23(18)15-19)21-12-8-7-11-20(21)17(4)6-2;1-3-2;/h2*7-17H,5-6H2,1-4H3;1-2H3;/q2*-1;;. The Labute approximate surface area is 326 Å². The van der Waals surface area contributed by atoms with Crippen molar-refractivity contribution < 1.29 is 25.8 Å². The third kappa shape index (κ3) is 9.74. The molecular weight excluding hydrogens is 783 g/mol. The molecule has 0 amide bonds. The van der Waals surface area contributed by atoms with Gasteiger partial charge in [-0.05, 0) is 58.8 Å². The van der Waals surface area contributed by atoms with E-state index in [4.69, 9.17) is 0 Å². The molecule has 6 rings (SSSR count). The van der Waals surface area contributed by atoms with E-state index in [9.17, 15) is 0 Å². The fourth-order valence-corrected chi connectivity index (χ4v) is 6.81. The Bertz CT molecular complexity index is 1750. The molecule has 6 aromatic carbocycles. The molecule has 262 valence electrons. The summed E-state index contributed by atoms with van der Waals surface area (Å²) < 4.78 is 0. The van der Waals surface area contributed by atoms with E-state index in [-0.39, 0.29) is 25.8 Å². The topological polar surface area (TPSA) is 0 Å². The molecule has 2 radical (unpaired) electrons. The van der Waals surface area contributed by atoms with Crippen molar-refractivity contribution in [1.82, 2.24) is 0 Å². The molecule has 0 fully saturated rings. The van der Waals surface area contributed by atoms with Crippen molar-refractivity contribution in [1.29, 1.82) is 0 Å². The maximum Gasteiger partial charge on any atom is 0.0307 e. The van der Waals surface area contributed by atoms with E-state index >= 15 is 0 Å². The number of hydrogen-bond acceptors (Lipinski definition) is 0. The largest absolute Gasteiger partial charge is 0.164 e. The Morgan fingerprint density at radius 3 is 1.12 bits per heavy atom. The molecule has 0 bridgehead atoms. The summed E-state index contributed by atoms with van der Waals surface area (Å²) >= 11 is 0. The molecule has 6 aromatic rings. The number of benzene rings is 4. The Morgan fingerprint density at radius 2 is 0.780 bits per heavy atom. The van der Waals surface area contributed by atoms with Crippen molar-refractivity contribution in [2.45, 2.75) is 118 Å². The monoisotopic (exact) mass is 844 g/mol. The summed E-state index contributed by atoms with van der Waals surface area (Å²) in [7, 11) is 1.08. The fraction of sp³-hybridized carbons (Fsp3) is 0.375. The first kappa shape index (κ1) is 41.6. The predicted molar refractivity (Wildman–Crippen MR) is 222 cm³/mol. The minimum Gasteiger partial charge on any atom is -0.164 e. The Balaban J connectivity index is 0.000000246. The van der Waals surface area contributed by atoms with Crippen molar-refractivity contribution in [3.63, 3.8) is 0 Å². The third-order valence-electron chi connectivity index (χ3n) is 10.7. The maximum atomic E-state index is 2.41. The van der Waals surface area contributed by atoms with E-state index in [1.54, 1.807) is 0 Å². The van der Waals surface area contributed by atoms with Gasteiger partial charge >= 0.3 is 0 Å². The molecule has 0 saturated heterocycles. The van der Waals surface area contributed by atoms with Crippen molar-refractivity contribution in [3.05, 3.63) is 131 Å². The van der Waals surface area contributed by atoms with E-state index in [0.717, 1.165) is 9.52 Å². The zero-order valence-electron chi connectivity index (χ0n) is 32.5. The minimum absolute atomic E-state index is 0. The third-order valence-corrected chi connectivity index (χ3v) is 10.7. The summed E-state index contributed by atoms with van der Waals surface area (Å²) in [6.45, 7) is 22.7. The summed E-state index contributed by atoms with van der Waals surface area (Å²) in [5.41, 5.74) is 11.4. The quantitative estimate of drug-likeness (QED) is 0.0952. The first-order valence-corrected chi connectivity index (χ1v) is 20.9. The van der Waals surface area contributed by atoms with E-state index in [0.29, 0.717) is 23.7 Å². The molecule has 4 atom stereocenters. The number of rotatable bonds is 10. The van der Waals surface area contributed by atoms with Crippen LogP contribution in [0.15, 0.2) is 109 Å². The summed E-state index contributed by atoms with van der Waals surface area (Å²) in [4.78, 5) is 0. The van der Waals surface area contributed by atoms with Gasteiger partial charge in [0, 0.05) is 35.4 Å². The molecule has 50 heavy (non-hydrogen) atoms. The molecule has 0 spiro atoms. The normalized spacial score (nSPS) is 13.3. The molecule has 0 aliphatic carbocycles. The average molecular weight is 844 g/mol. The second kappa shape index (κ2) is 20.3. The Kier molecular flexibility index (Phi) is 16.9. The zero-order chi connectivity index (χ0) is 35.5. The van der Waals surface area contributed by atoms with Gasteiger partial charge in [-0.2, -0.15) is 12.1 Å². The van der Waals surface area contributed by atoms with E-state index in [1.807, 2.05) is 0 Å². The van der Waals surface area contributed by atoms with Crippen LogP contribution in [0.3, 0.4) is 0 Å². The molecule has 0 nitrogen and oxygen atoms in total. The van der Waals surface area contributed by atoms with Crippen LogP contribution < -0.4 is 0 Å². The Morgan fingerprint density at radius 1 is 0.460 bits per heavy atom. The van der Waals surface area contributed by atoms with Crippen molar-refractivity contribution in [3.8, 4) is 22.3 Å². The van der Waals surface area contributed by atoms with Gasteiger partial charge < -0.3 is 0 Å². The molecule has 0 aliphatic heterocycles. The number of fused-ring (bicyclic) bond motifs is 2. The molecule has 0 N–H and O–H groups in total. The van der Waals surface area contributed by atoms with Gasteiger partial charge in [0.15, 0.2) is 0 Å². The maximum absolute atomic E-state index is 2.41. The summed E-state index contributed by atoms with van der Waals surface area (Å²) in [6.07, 6.45) is 4.72. The van der Waals surface area contributed by atoms with Crippen LogP contribution in [0.25, 0.3) is 43.8 Å². The van der Waals surface area contributed by atoms with Crippen LogP contribution in [0, 0.1) is 0 Å². The molecule has 2 heteroatoms. The smallest absolute Gasteiger partial charge is 0.0307 e. The van der Waals surface area contributed by atoms with Gasteiger partial charge in [0.1, 0.15) is 0 Å². The van der Waals surface area contributed by atoms with Crippen LogP contribution in [0.2, 0.25) is 13.1 Å². The summed E-state index contributed by atoms with van der Waals surface area (Å²) in [5, 5.41) is 5.55. The minimum atomic E-state index is 0. The number of hydrogen-bond donors (Lipinski definition) is 0. The molecule has 4 unspecified atom stereocenters. The first-order valence-electron chi connectivity index (χ1n) is 18.9. The SMILES string of the molecule is CCC(C)c1cc2c(-c3ccccc3C(C)CC)cccc2[cH-]1.CCC(C)c1cc2c(-c3ccccc3C(C)CC)cccc2[cH-]1.C[Si]C.[Hf]. The van der Waals surface area contributed by atoms with Crippen LogP contribution in [0.4, 0.5) is 0 Å². The van der Waals surface area contributed by atoms with Gasteiger partial charge in [-0.1, -0.05) is 153 Å². The van der Waals surface area contributed by atoms with Gasteiger partial charge in [0.25, 0.3) is 0 Å². The molecule has 0 saturated carbocycles. The van der Waals surface area contributed by atoms with Gasteiger partial charge in [0.2, 0.25) is 0 Å². The summed E-state index contributed by atoms with van der Waals surface area (Å²) in [5.74, 6) is 2.43. The van der Waals surface area contributed by atoms with Gasteiger partial charge in [0.05, 0.1) is 0 Å². The van der Waals surface area contributed by atoms with E-state index in [2.05, 4.69) is 178 Å². The van der Waals surface area contributed by atoms with Crippen LogP contribution in [0.5, 0.6) is 0 Å². The second-order valence-corrected chi connectivity index (χ2v) is 15.1. The van der Waals surface area contributed by atoms with Gasteiger partial charge in [-0.15, -0.1) is 69.1 Å². The summed E-state index contributed by atoms with van der Waals surface area (Å²) in [6, 6.07) is 40.8. The van der Waals surface area contributed by atoms with Crippen molar-refractivity contribution in [2.24, 2.45) is 0 Å². The van der Waals surface area contributed by atoms with Crippen molar-refractivity contribution in [2.75, 3.05) is 0 Å². The van der Waals surface area contributed by atoms with E-state index < -0.39 is 0 Å². The van der Waals surface area contributed by atoms with Crippen molar-refractivity contribution >= 4 is 31.1 Å². The van der Waals surface area contributed by atoms with Gasteiger partial charge in [-0.3, -0.25) is 0 Å². The van der Waals surface area contributed by atoms with Gasteiger partial charge in [-0.25, -0.2) is 0 Å². The van der Waals surface area contributed by atoms with Crippen LogP contribution in [-0.2, 0) is 25.8 Å². The first-order chi connectivity index (χ1) is 23.7. The fourth-order valence-electron chi connectivity index (χ4n) is 6.81. The van der Waals surface area contributed by atoms with Crippen LogP contribution in [-0.4, -0.2) is 9.52 Å².